The van der Waals surface area contributed by atoms with Gasteiger partial charge in [-0.25, -0.2) is 0 Å². The highest BCUT2D eigenvalue weighted by Gasteiger charge is 2.14. The molecule has 0 amide bonds. The third-order valence-corrected chi connectivity index (χ3v) is 4.15. The predicted octanol–water partition coefficient (Wildman–Crippen LogP) is 3.21. The van der Waals surface area contributed by atoms with E-state index in [9.17, 15) is 0 Å². The van der Waals surface area contributed by atoms with Gasteiger partial charge in [-0.05, 0) is 39.3 Å². The van der Waals surface area contributed by atoms with E-state index < -0.39 is 0 Å². The first-order chi connectivity index (χ1) is 9.49. The third kappa shape index (κ3) is 9.55. The molecule has 126 valence electrons. The van der Waals surface area contributed by atoms with E-state index >= 15 is 0 Å². The van der Waals surface area contributed by atoms with Crippen molar-refractivity contribution in [3.63, 3.8) is 0 Å². The monoisotopic (exact) mass is 410 g/mol. The van der Waals surface area contributed by atoms with E-state index in [4.69, 9.17) is 5.73 Å². The van der Waals surface area contributed by atoms with Gasteiger partial charge in [-0.3, -0.25) is 4.99 Å². The average Bonchev–Trinajstić information content (AvgIpc) is 2.62. The van der Waals surface area contributed by atoms with E-state index in [-0.39, 0.29) is 24.0 Å². The molecule has 3 N–H and O–H groups in total. The number of aliphatic imine (C=N–C) groups is 1. The summed E-state index contributed by atoms with van der Waals surface area (Å²) >= 11 is 0. The van der Waals surface area contributed by atoms with Crippen LogP contribution in [0.5, 0.6) is 0 Å². The number of guanidine groups is 1. The molecule has 0 saturated heterocycles. The molecule has 1 saturated carbocycles. The third-order valence-electron chi connectivity index (χ3n) is 4.15. The first kappa shape index (κ1) is 21.0. The Labute approximate surface area is 148 Å². The molecule has 0 radical (unpaired) electrons. The first-order valence-corrected chi connectivity index (χ1v) is 8.22. The Hall–Kier alpha value is -0.0400. The maximum atomic E-state index is 6.06. The lowest BCUT2D eigenvalue weighted by Gasteiger charge is -2.25. The standard InChI is InChI=1S/C16H34N4.HI/c1-13(2)11-15(20(3)4)12-18-16(17)19-14-9-7-5-6-8-10-14;/h13-15H,5-12H2,1-4H3,(H3,17,18,19);1H. The van der Waals surface area contributed by atoms with Crippen molar-refractivity contribution < 1.29 is 0 Å². The Bertz CT molecular complexity index is 284. The number of nitrogens with one attached hydrogen (secondary N) is 1. The highest BCUT2D eigenvalue weighted by atomic mass is 127. The number of hydrogen-bond acceptors (Lipinski definition) is 2. The topological polar surface area (TPSA) is 53.6 Å². The Morgan fingerprint density at radius 1 is 1.19 bits per heavy atom. The SMILES string of the molecule is CC(C)CC(CN=C(N)NC1CCCCCC1)N(C)C.I. The summed E-state index contributed by atoms with van der Waals surface area (Å²) in [4.78, 5) is 6.82. The van der Waals surface area contributed by atoms with Gasteiger partial charge in [-0.1, -0.05) is 39.5 Å². The minimum atomic E-state index is 0. The van der Waals surface area contributed by atoms with Crippen LogP contribution in [0.2, 0.25) is 0 Å². The number of nitrogens with zero attached hydrogens (tertiary/aromatic N) is 2. The van der Waals surface area contributed by atoms with Crippen LogP contribution in [0.4, 0.5) is 0 Å². The molecule has 0 aromatic carbocycles. The van der Waals surface area contributed by atoms with Crippen molar-refractivity contribution in [1.29, 1.82) is 0 Å². The lowest BCUT2D eigenvalue weighted by atomic mass is 10.0. The first-order valence-electron chi connectivity index (χ1n) is 8.22. The molecule has 0 bridgehead atoms. The van der Waals surface area contributed by atoms with E-state index in [2.05, 4.69) is 43.2 Å². The maximum absolute atomic E-state index is 6.06. The molecule has 4 nitrogen and oxygen atoms in total. The largest absolute Gasteiger partial charge is 0.370 e. The zero-order valence-electron chi connectivity index (χ0n) is 14.3. The van der Waals surface area contributed by atoms with Crippen molar-refractivity contribution in [2.45, 2.75) is 70.9 Å². The summed E-state index contributed by atoms with van der Waals surface area (Å²) in [7, 11) is 4.25. The van der Waals surface area contributed by atoms with Gasteiger partial charge in [-0.2, -0.15) is 0 Å². The molecule has 1 atom stereocenters. The van der Waals surface area contributed by atoms with Gasteiger partial charge >= 0.3 is 0 Å². The van der Waals surface area contributed by atoms with Gasteiger partial charge in [0.15, 0.2) is 5.96 Å². The number of rotatable bonds is 6. The zero-order valence-corrected chi connectivity index (χ0v) is 16.6. The molecule has 0 aromatic heterocycles. The normalized spacial score (nSPS) is 19.2. The molecule has 21 heavy (non-hydrogen) atoms. The van der Waals surface area contributed by atoms with Gasteiger partial charge in [0.2, 0.25) is 0 Å². The van der Waals surface area contributed by atoms with Crippen molar-refractivity contribution >= 4 is 29.9 Å². The molecule has 0 heterocycles. The van der Waals surface area contributed by atoms with Gasteiger partial charge in [0.1, 0.15) is 0 Å². The Morgan fingerprint density at radius 3 is 2.24 bits per heavy atom. The van der Waals surface area contributed by atoms with Crippen molar-refractivity contribution in [2.75, 3.05) is 20.6 Å². The quantitative estimate of drug-likeness (QED) is 0.306. The van der Waals surface area contributed by atoms with Crippen LogP contribution in [-0.4, -0.2) is 43.6 Å². The zero-order chi connectivity index (χ0) is 15.0. The van der Waals surface area contributed by atoms with Gasteiger partial charge in [0, 0.05) is 12.1 Å². The van der Waals surface area contributed by atoms with Gasteiger partial charge in [0.05, 0.1) is 6.54 Å². The second-order valence-electron chi connectivity index (χ2n) is 6.81. The summed E-state index contributed by atoms with van der Waals surface area (Å²) in [6.07, 6.45) is 9.00. The van der Waals surface area contributed by atoms with Crippen LogP contribution in [0, 0.1) is 5.92 Å². The maximum Gasteiger partial charge on any atom is 0.188 e. The number of likely N-dealkylation sites (N-methyl/N-ethyl adjacent to an activating group) is 1. The lowest BCUT2D eigenvalue weighted by Crippen LogP contribution is -2.41. The fourth-order valence-electron chi connectivity index (χ4n) is 2.88. The highest BCUT2D eigenvalue weighted by molar-refractivity contribution is 14.0. The van der Waals surface area contributed by atoms with E-state index in [1.807, 2.05) is 0 Å². The molecule has 1 aliphatic rings. The summed E-state index contributed by atoms with van der Waals surface area (Å²) in [6, 6.07) is 1.01. The van der Waals surface area contributed by atoms with Crippen LogP contribution in [0.15, 0.2) is 4.99 Å². The fourth-order valence-corrected chi connectivity index (χ4v) is 2.88. The summed E-state index contributed by atoms with van der Waals surface area (Å²) in [5.41, 5.74) is 6.06. The molecule has 1 rings (SSSR count). The van der Waals surface area contributed by atoms with E-state index in [0.717, 1.165) is 13.0 Å². The van der Waals surface area contributed by atoms with Gasteiger partial charge in [0.25, 0.3) is 0 Å². The minimum absolute atomic E-state index is 0. The number of halogens is 1. The predicted molar refractivity (Wildman–Crippen MR) is 103 cm³/mol. The molecule has 0 aliphatic heterocycles. The van der Waals surface area contributed by atoms with Crippen molar-refractivity contribution in [3.8, 4) is 0 Å². The van der Waals surface area contributed by atoms with Crippen molar-refractivity contribution in [2.24, 2.45) is 16.6 Å². The summed E-state index contributed by atoms with van der Waals surface area (Å²) < 4.78 is 0. The van der Waals surface area contributed by atoms with Crippen LogP contribution in [0.3, 0.4) is 0 Å². The van der Waals surface area contributed by atoms with Crippen LogP contribution < -0.4 is 11.1 Å². The lowest BCUT2D eigenvalue weighted by molar-refractivity contribution is 0.261. The number of hydrogen-bond donors (Lipinski definition) is 2. The summed E-state index contributed by atoms with van der Waals surface area (Å²) in [5.74, 6) is 1.32. The Morgan fingerprint density at radius 2 is 1.76 bits per heavy atom. The minimum Gasteiger partial charge on any atom is -0.370 e. The second-order valence-corrected chi connectivity index (χ2v) is 6.81. The van der Waals surface area contributed by atoms with E-state index in [0.29, 0.717) is 24.0 Å². The van der Waals surface area contributed by atoms with Gasteiger partial charge < -0.3 is 16.0 Å². The van der Waals surface area contributed by atoms with Gasteiger partial charge in [-0.15, -0.1) is 24.0 Å². The van der Waals surface area contributed by atoms with E-state index in [1.165, 1.54) is 38.5 Å². The van der Waals surface area contributed by atoms with Crippen LogP contribution in [0.1, 0.15) is 58.8 Å². The molecule has 0 aromatic rings. The molecule has 0 spiro atoms. The molecule has 1 unspecified atom stereocenters. The molecular weight excluding hydrogens is 375 g/mol. The van der Waals surface area contributed by atoms with Crippen LogP contribution in [0.25, 0.3) is 0 Å². The van der Waals surface area contributed by atoms with Crippen LogP contribution in [-0.2, 0) is 0 Å². The average molecular weight is 410 g/mol. The fraction of sp³-hybridized carbons (Fsp3) is 0.938. The second kappa shape index (κ2) is 11.5. The number of nitrogens with two attached hydrogens (primary N) is 1. The highest BCUT2D eigenvalue weighted by Crippen LogP contribution is 2.17. The van der Waals surface area contributed by atoms with Crippen LogP contribution >= 0.6 is 24.0 Å². The van der Waals surface area contributed by atoms with E-state index in [1.54, 1.807) is 0 Å². The summed E-state index contributed by atoms with van der Waals surface area (Å²) in [5, 5.41) is 3.42. The van der Waals surface area contributed by atoms with Crippen molar-refractivity contribution in [1.82, 2.24) is 10.2 Å². The Balaban J connectivity index is 0.00000400. The van der Waals surface area contributed by atoms with Crippen molar-refractivity contribution in [3.05, 3.63) is 0 Å². The Kier molecular flexibility index (Phi) is 11.5. The molecule has 1 aliphatic carbocycles. The smallest absolute Gasteiger partial charge is 0.188 e. The summed E-state index contributed by atoms with van der Waals surface area (Å²) in [6.45, 7) is 5.30. The molecular formula is C16H35IN4. The molecule has 1 fully saturated rings. The molecule has 5 heteroatoms.